The molecule has 0 amide bonds. The fourth-order valence-electron chi connectivity index (χ4n) is 2.08. The Kier molecular flexibility index (Phi) is 3.35. The Labute approximate surface area is 124 Å². The van der Waals surface area contributed by atoms with Gasteiger partial charge in [-0.1, -0.05) is 41.9 Å². The third-order valence-corrected chi connectivity index (χ3v) is 4.03. The van der Waals surface area contributed by atoms with E-state index < -0.39 is 0 Å². The predicted molar refractivity (Wildman–Crippen MR) is 81.4 cm³/mol. The zero-order valence-electron chi connectivity index (χ0n) is 9.94. The molecule has 2 nitrogen and oxygen atoms in total. The molecule has 0 aliphatic carbocycles. The fourth-order valence-corrected chi connectivity index (χ4v) is 2.80. The predicted octanol–water partition coefficient (Wildman–Crippen LogP) is 4.90. The summed E-state index contributed by atoms with van der Waals surface area (Å²) in [5.74, 6) is 0.704. The second kappa shape index (κ2) is 5.00. The van der Waals surface area contributed by atoms with Crippen LogP contribution in [0.3, 0.4) is 0 Å². The number of furan rings is 1. The second-order valence-corrected chi connectivity index (χ2v) is 5.57. The molecule has 1 aromatic heterocycles. The normalized spacial score (nSPS) is 12.8. The number of para-hydroxylation sites is 1. The number of rotatable bonds is 2. The summed E-state index contributed by atoms with van der Waals surface area (Å²) in [5.41, 5.74) is 7.90. The molecule has 96 valence electrons. The third-order valence-electron chi connectivity index (χ3n) is 3.06. The second-order valence-electron chi connectivity index (χ2n) is 4.31. The van der Waals surface area contributed by atoms with Crippen molar-refractivity contribution in [3.8, 4) is 0 Å². The van der Waals surface area contributed by atoms with E-state index in [1.807, 2.05) is 48.5 Å². The van der Waals surface area contributed by atoms with Gasteiger partial charge in [0, 0.05) is 10.4 Å². The van der Waals surface area contributed by atoms with Crippen LogP contribution in [0.2, 0.25) is 5.02 Å². The molecule has 1 unspecified atom stereocenters. The maximum absolute atomic E-state index is 6.24. The highest BCUT2D eigenvalue weighted by molar-refractivity contribution is 9.10. The molecule has 0 saturated carbocycles. The molecule has 0 aliphatic rings. The smallest absolute Gasteiger partial charge is 0.148 e. The van der Waals surface area contributed by atoms with E-state index in [4.69, 9.17) is 21.8 Å². The maximum Gasteiger partial charge on any atom is 0.148 e. The summed E-state index contributed by atoms with van der Waals surface area (Å²) >= 11 is 9.64. The van der Waals surface area contributed by atoms with E-state index in [9.17, 15) is 0 Å². The van der Waals surface area contributed by atoms with E-state index in [0.29, 0.717) is 10.8 Å². The van der Waals surface area contributed by atoms with Crippen LogP contribution in [-0.4, -0.2) is 0 Å². The lowest BCUT2D eigenvalue weighted by Crippen LogP contribution is -2.11. The van der Waals surface area contributed by atoms with Gasteiger partial charge < -0.3 is 10.2 Å². The van der Waals surface area contributed by atoms with Gasteiger partial charge in [0.25, 0.3) is 0 Å². The molecule has 0 fully saturated rings. The summed E-state index contributed by atoms with van der Waals surface area (Å²) in [5, 5.41) is 1.67. The van der Waals surface area contributed by atoms with Crippen molar-refractivity contribution in [2.45, 2.75) is 6.04 Å². The first kappa shape index (κ1) is 12.7. The summed E-state index contributed by atoms with van der Waals surface area (Å²) in [7, 11) is 0. The van der Waals surface area contributed by atoms with Crippen molar-refractivity contribution >= 4 is 38.5 Å². The fraction of sp³-hybridized carbons (Fsp3) is 0.0667. The lowest BCUT2D eigenvalue weighted by molar-refractivity contribution is 0.524. The van der Waals surface area contributed by atoms with Gasteiger partial charge in [-0.2, -0.15) is 0 Å². The van der Waals surface area contributed by atoms with Gasteiger partial charge in [0.15, 0.2) is 0 Å². The molecule has 0 spiro atoms. The van der Waals surface area contributed by atoms with E-state index in [-0.39, 0.29) is 6.04 Å². The topological polar surface area (TPSA) is 39.2 Å². The van der Waals surface area contributed by atoms with E-state index in [1.165, 1.54) is 0 Å². The van der Waals surface area contributed by atoms with Crippen molar-refractivity contribution in [1.82, 2.24) is 0 Å². The molecule has 0 aliphatic heterocycles. The van der Waals surface area contributed by atoms with Crippen molar-refractivity contribution in [1.29, 1.82) is 0 Å². The molecular formula is C15H11BrClNO. The van der Waals surface area contributed by atoms with Crippen LogP contribution in [0.15, 0.2) is 57.4 Å². The van der Waals surface area contributed by atoms with Crippen molar-refractivity contribution < 1.29 is 4.42 Å². The molecule has 1 atom stereocenters. The number of halogens is 2. The lowest BCUT2D eigenvalue weighted by Gasteiger charge is -2.10. The highest BCUT2D eigenvalue weighted by Crippen LogP contribution is 2.33. The van der Waals surface area contributed by atoms with Crippen molar-refractivity contribution in [3.05, 3.63) is 69.3 Å². The molecule has 3 aromatic rings. The van der Waals surface area contributed by atoms with Gasteiger partial charge in [-0.3, -0.25) is 0 Å². The van der Waals surface area contributed by atoms with E-state index in [0.717, 1.165) is 21.0 Å². The van der Waals surface area contributed by atoms with Gasteiger partial charge >= 0.3 is 0 Å². The Bertz CT molecular complexity index is 738. The molecule has 19 heavy (non-hydrogen) atoms. The SMILES string of the molecule is NC(c1cc2cccc(Br)c2o1)c1ccccc1Cl. The first-order valence-electron chi connectivity index (χ1n) is 5.85. The van der Waals surface area contributed by atoms with Crippen LogP contribution >= 0.6 is 27.5 Å². The van der Waals surface area contributed by atoms with E-state index in [1.54, 1.807) is 0 Å². The first-order chi connectivity index (χ1) is 9.16. The van der Waals surface area contributed by atoms with Gasteiger partial charge in [-0.15, -0.1) is 0 Å². The summed E-state index contributed by atoms with van der Waals surface area (Å²) in [6, 6.07) is 15.0. The van der Waals surface area contributed by atoms with Crippen molar-refractivity contribution in [2.75, 3.05) is 0 Å². The molecule has 0 radical (unpaired) electrons. The largest absolute Gasteiger partial charge is 0.458 e. The van der Waals surface area contributed by atoms with Crippen LogP contribution in [-0.2, 0) is 0 Å². The minimum Gasteiger partial charge on any atom is -0.458 e. The monoisotopic (exact) mass is 335 g/mol. The van der Waals surface area contributed by atoms with Crippen LogP contribution < -0.4 is 5.73 Å². The highest BCUT2D eigenvalue weighted by atomic mass is 79.9. The number of fused-ring (bicyclic) bond motifs is 1. The molecule has 1 heterocycles. The van der Waals surface area contributed by atoms with Crippen LogP contribution in [0.5, 0.6) is 0 Å². The summed E-state index contributed by atoms with van der Waals surface area (Å²) in [6.07, 6.45) is 0. The highest BCUT2D eigenvalue weighted by Gasteiger charge is 2.17. The molecular weight excluding hydrogens is 326 g/mol. The van der Waals surface area contributed by atoms with Crippen molar-refractivity contribution in [2.24, 2.45) is 5.73 Å². The van der Waals surface area contributed by atoms with Gasteiger partial charge in [0.1, 0.15) is 11.3 Å². The summed E-state index contributed by atoms with van der Waals surface area (Å²) < 4.78 is 6.76. The lowest BCUT2D eigenvalue weighted by atomic mass is 10.1. The van der Waals surface area contributed by atoms with Gasteiger partial charge in [0.05, 0.1) is 10.5 Å². The summed E-state index contributed by atoms with van der Waals surface area (Å²) in [6.45, 7) is 0. The number of hydrogen-bond acceptors (Lipinski definition) is 2. The molecule has 2 N–H and O–H groups in total. The number of hydrogen-bond donors (Lipinski definition) is 1. The molecule has 2 aromatic carbocycles. The third kappa shape index (κ3) is 2.29. The Morgan fingerprint density at radius 3 is 2.63 bits per heavy atom. The van der Waals surface area contributed by atoms with Gasteiger partial charge in [0.2, 0.25) is 0 Å². The van der Waals surface area contributed by atoms with Crippen LogP contribution in [0.4, 0.5) is 0 Å². The molecule has 3 rings (SSSR count). The summed E-state index contributed by atoms with van der Waals surface area (Å²) in [4.78, 5) is 0. The zero-order chi connectivity index (χ0) is 13.4. The average Bonchev–Trinajstić information content (AvgIpc) is 2.84. The molecule has 4 heteroatoms. The first-order valence-corrected chi connectivity index (χ1v) is 7.02. The maximum atomic E-state index is 6.24. The standard InChI is InChI=1S/C15H11BrClNO/c16-11-6-3-4-9-8-13(19-15(9)11)14(18)10-5-1-2-7-12(10)17/h1-8,14H,18H2. The Hall–Kier alpha value is -1.29. The van der Waals surface area contributed by atoms with E-state index in [2.05, 4.69) is 15.9 Å². The number of nitrogens with two attached hydrogens (primary N) is 1. The van der Waals surface area contributed by atoms with Crippen molar-refractivity contribution in [3.63, 3.8) is 0 Å². The number of benzene rings is 2. The zero-order valence-corrected chi connectivity index (χ0v) is 12.3. The minimum absolute atomic E-state index is 0.368. The Balaban J connectivity index is 2.10. The van der Waals surface area contributed by atoms with Crippen LogP contribution in [0.1, 0.15) is 17.4 Å². The van der Waals surface area contributed by atoms with E-state index >= 15 is 0 Å². The van der Waals surface area contributed by atoms with Crippen LogP contribution in [0, 0.1) is 0 Å². The molecule has 0 saturated heterocycles. The average molecular weight is 337 g/mol. The molecule has 0 bridgehead atoms. The minimum atomic E-state index is -0.368. The Morgan fingerprint density at radius 2 is 1.89 bits per heavy atom. The Morgan fingerprint density at radius 1 is 1.11 bits per heavy atom. The van der Waals surface area contributed by atoms with Crippen LogP contribution in [0.25, 0.3) is 11.0 Å². The van der Waals surface area contributed by atoms with Gasteiger partial charge in [-0.05, 0) is 39.7 Å². The quantitative estimate of drug-likeness (QED) is 0.723. The van der Waals surface area contributed by atoms with Gasteiger partial charge in [-0.25, -0.2) is 0 Å².